The largest absolute Gasteiger partial charge is 0.347 e. The average molecular weight is 251 g/mol. The van der Waals surface area contributed by atoms with Crippen LogP contribution in [0.1, 0.15) is 39.0 Å². The van der Waals surface area contributed by atoms with Gasteiger partial charge >= 0.3 is 0 Å². The van der Waals surface area contributed by atoms with Gasteiger partial charge in [-0.25, -0.2) is 4.98 Å². The van der Waals surface area contributed by atoms with Crippen LogP contribution in [0.3, 0.4) is 0 Å². The molecule has 1 saturated heterocycles. The van der Waals surface area contributed by atoms with Crippen LogP contribution in [-0.4, -0.2) is 28.3 Å². The van der Waals surface area contributed by atoms with Crippen molar-refractivity contribution in [3.05, 3.63) is 18.1 Å². The van der Waals surface area contributed by atoms with Crippen molar-refractivity contribution in [2.75, 3.05) is 11.9 Å². The van der Waals surface area contributed by atoms with Gasteiger partial charge in [-0.1, -0.05) is 6.92 Å². The lowest BCUT2D eigenvalue weighted by Crippen LogP contribution is -2.20. The summed E-state index contributed by atoms with van der Waals surface area (Å²) in [5.74, 6) is -0.219. The Morgan fingerprint density at radius 2 is 2.28 bits per heavy atom. The van der Waals surface area contributed by atoms with Gasteiger partial charge in [-0.2, -0.15) is 0 Å². The van der Waals surface area contributed by atoms with E-state index in [-0.39, 0.29) is 12.0 Å². The summed E-state index contributed by atoms with van der Waals surface area (Å²) in [6.45, 7) is 5.96. The first-order valence-electron chi connectivity index (χ1n) is 5.94. The lowest BCUT2D eigenvalue weighted by molar-refractivity contribution is -0.139. The lowest BCUT2D eigenvalue weighted by atomic mass is 10.3. The molecule has 18 heavy (non-hydrogen) atoms. The summed E-state index contributed by atoms with van der Waals surface area (Å²) in [5, 5.41) is 2.64. The Hall–Kier alpha value is -1.53. The molecule has 1 N–H and O–H groups in total. The van der Waals surface area contributed by atoms with E-state index < -0.39 is 5.79 Å². The summed E-state index contributed by atoms with van der Waals surface area (Å²) in [6.07, 6.45) is 3.33. The van der Waals surface area contributed by atoms with Crippen molar-refractivity contribution in [3.8, 4) is 0 Å². The minimum Gasteiger partial charge on any atom is -0.347 e. The van der Waals surface area contributed by atoms with E-state index in [9.17, 15) is 4.79 Å². The molecule has 1 aliphatic rings. The van der Waals surface area contributed by atoms with E-state index >= 15 is 0 Å². The number of anilines is 1. The summed E-state index contributed by atoms with van der Waals surface area (Å²) < 4.78 is 11.1. The highest BCUT2D eigenvalue weighted by molar-refractivity contribution is 5.89. The van der Waals surface area contributed by atoms with Crippen molar-refractivity contribution in [2.24, 2.45) is 0 Å². The maximum Gasteiger partial charge on any atom is 0.225 e. The maximum atomic E-state index is 11.2. The SMILES string of the molecule is CCC(=O)Nc1cnc([C@H]2COC(C)(C)O2)cn1. The van der Waals surface area contributed by atoms with Crippen LogP contribution in [0, 0.1) is 0 Å². The van der Waals surface area contributed by atoms with Gasteiger partial charge in [0.05, 0.1) is 24.7 Å². The fourth-order valence-electron chi connectivity index (χ4n) is 1.63. The summed E-state index contributed by atoms with van der Waals surface area (Å²) >= 11 is 0. The Labute approximate surface area is 106 Å². The number of rotatable bonds is 3. The van der Waals surface area contributed by atoms with Crippen LogP contribution in [0.15, 0.2) is 12.4 Å². The van der Waals surface area contributed by atoms with Crippen LogP contribution >= 0.6 is 0 Å². The van der Waals surface area contributed by atoms with Gasteiger partial charge in [0.1, 0.15) is 6.10 Å². The molecule has 1 aromatic heterocycles. The Kier molecular flexibility index (Phi) is 3.58. The predicted molar refractivity (Wildman–Crippen MR) is 64.8 cm³/mol. The van der Waals surface area contributed by atoms with Crippen LogP contribution in [0.2, 0.25) is 0 Å². The van der Waals surface area contributed by atoms with Crippen LogP contribution in [0.5, 0.6) is 0 Å². The van der Waals surface area contributed by atoms with Gasteiger partial charge in [0.2, 0.25) is 5.91 Å². The third-order valence-corrected chi connectivity index (χ3v) is 2.60. The molecule has 6 nitrogen and oxygen atoms in total. The molecule has 1 aromatic rings. The third-order valence-electron chi connectivity index (χ3n) is 2.60. The van der Waals surface area contributed by atoms with E-state index in [0.717, 1.165) is 0 Å². The molecular formula is C12H17N3O3. The highest BCUT2D eigenvalue weighted by atomic mass is 16.7. The topological polar surface area (TPSA) is 73.3 Å². The molecule has 2 rings (SSSR count). The molecular weight excluding hydrogens is 234 g/mol. The molecule has 0 radical (unpaired) electrons. The highest BCUT2D eigenvalue weighted by Crippen LogP contribution is 2.31. The Morgan fingerprint density at radius 3 is 2.78 bits per heavy atom. The van der Waals surface area contributed by atoms with Crippen molar-refractivity contribution < 1.29 is 14.3 Å². The first-order chi connectivity index (χ1) is 8.50. The minimum absolute atomic E-state index is 0.0846. The van der Waals surface area contributed by atoms with Crippen molar-refractivity contribution in [3.63, 3.8) is 0 Å². The molecule has 1 aliphatic heterocycles. The van der Waals surface area contributed by atoms with Crippen LogP contribution in [-0.2, 0) is 14.3 Å². The summed E-state index contributed by atoms with van der Waals surface area (Å²) in [5.41, 5.74) is 0.704. The lowest BCUT2D eigenvalue weighted by Gasteiger charge is -2.16. The van der Waals surface area contributed by atoms with Crippen molar-refractivity contribution in [1.82, 2.24) is 9.97 Å². The molecule has 1 fully saturated rings. The predicted octanol–water partition coefficient (Wildman–Crippen LogP) is 1.65. The van der Waals surface area contributed by atoms with Gasteiger partial charge in [0, 0.05) is 6.42 Å². The second-order valence-corrected chi connectivity index (χ2v) is 4.55. The zero-order chi connectivity index (χ0) is 13.2. The molecule has 1 atom stereocenters. The first-order valence-corrected chi connectivity index (χ1v) is 5.94. The first kappa shape index (κ1) is 12.9. The number of carbonyl (C=O) groups is 1. The molecule has 0 aromatic carbocycles. The molecule has 0 saturated carbocycles. The Morgan fingerprint density at radius 1 is 1.50 bits per heavy atom. The minimum atomic E-state index is -0.582. The number of nitrogens with zero attached hydrogens (tertiary/aromatic N) is 2. The number of amides is 1. The number of aromatic nitrogens is 2. The van der Waals surface area contributed by atoms with Crippen molar-refractivity contribution in [2.45, 2.75) is 39.1 Å². The van der Waals surface area contributed by atoms with Gasteiger partial charge in [-0.15, -0.1) is 0 Å². The smallest absolute Gasteiger partial charge is 0.225 e. The van der Waals surface area contributed by atoms with Gasteiger partial charge in [0.25, 0.3) is 0 Å². The molecule has 1 amide bonds. The molecule has 6 heteroatoms. The molecule has 0 aliphatic carbocycles. The number of nitrogens with one attached hydrogen (secondary N) is 1. The molecule has 0 bridgehead atoms. The molecule has 0 unspecified atom stereocenters. The average Bonchev–Trinajstić information content (AvgIpc) is 2.70. The summed E-state index contributed by atoms with van der Waals surface area (Å²) in [6, 6.07) is 0. The summed E-state index contributed by atoms with van der Waals surface area (Å²) in [4.78, 5) is 19.5. The number of carbonyl (C=O) groups excluding carboxylic acids is 1. The van der Waals surface area contributed by atoms with Gasteiger partial charge < -0.3 is 14.8 Å². The van der Waals surface area contributed by atoms with Gasteiger partial charge in [-0.3, -0.25) is 9.78 Å². The maximum absolute atomic E-state index is 11.2. The third kappa shape index (κ3) is 3.02. The van der Waals surface area contributed by atoms with E-state index in [1.165, 1.54) is 6.20 Å². The van der Waals surface area contributed by atoms with Crippen LogP contribution in [0.4, 0.5) is 5.82 Å². The van der Waals surface area contributed by atoms with Crippen molar-refractivity contribution in [1.29, 1.82) is 0 Å². The van der Waals surface area contributed by atoms with E-state index in [2.05, 4.69) is 15.3 Å². The summed E-state index contributed by atoms with van der Waals surface area (Å²) in [7, 11) is 0. The quantitative estimate of drug-likeness (QED) is 0.884. The molecule has 98 valence electrons. The Bertz CT molecular complexity index is 431. The number of hydrogen-bond donors (Lipinski definition) is 1. The Balaban J connectivity index is 2.02. The van der Waals surface area contributed by atoms with Crippen LogP contribution in [0.25, 0.3) is 0 Å². The highest BCUT2D eigenvalue weighted by Gasteiger charge is 2.34. The molecule has 2 heterocycles. The monoisotopic (exact) mass is 251 g/mol. The molecule has 0 spiro atoms. The van der Waals surface area contributed by atoms with Gasteiger partial charge in [0.15, 0.2) is 11.6 Å². The van der Waals surface area contributed by atoms with Gasteiger partial charge in [-0.05, 0) is 13.8 Å². The van der Waals surface area contributed by atoms with E-state index in [0.29, 0.717) is 24.5 Å². The fraction of sp³-hybridized carbons (Fsp3) is 0.583. The zero-order valence-electron chi connectivity index (χ0n) is 10.8. The number of ether oxygens (including phenoxy) is 2. The van der Waals surface area contributed by atoms with Crippen LogP contribution < -0.4 is 5.32 Å². The second-order valence-electron chi connectivity index (χ2n) is 4.55. The van der Waals surface area contributed by atoms with Crippen molar-refractivity contribution >= 4 is 11.7 Å². The second kappa shape index (κ2) is 4.99. The van der Waals surface area contributed by atoms with E-state index in [4.69, 9.17) is 9.47 Å². The standard InChI is InChI=1S/C12H17N3O3/c1-4-11(16)15-10-6-13-8(5-14-10)9-7-17-12(2,3)18-9/h5-6,9H,4,7H2,1-3H3,(H,14,15,16)/t9-/m1/s1. The zero-order valence-corrected chi connectivity index (χ0v) is 10.8. The number of hydrogen-bond acceptors (Lipinski definition) is 5. The van der Waals surface area contributed by atoms with E-state index in [1.807, 2.05) is 13.8 Å². The normalized spacial score (nSPS) is 21.8. The van der Waals surface area contributed by atoms with E-state index in [1.54, 1.807) is 13.1 Å². The fourth-order valence-corrected chi connectivity index (χ4v) is 1.63.